The number of pyridine rings is 1. The van der Waals surface area contributed by atoms with Crippen molar-refractivity contribution in [1.29, 1.82) is 0 Å². The highest BCUT2D eigenvalue weighted by Gasteiger charge is 2.11. The number of carbonyl (C=O) groups is 1. The molecule has 0 aliphatic carbocycles. The van der Waals surface area contributed by atoms with Gasteiger partial charge in [0.1, 0.15) is 5.75 Å². The minimum Gasteiger partial charge on any atom is -0.480 e. The summed E-state index contributed by atoms with van der Waals surface area (Å²) >= 11 is 0. The third-order valence-electron chi connectivity index (χ3n) is 2.35. The van der Waals surface area contributed by atoms with E-state index >= 15 is 0 Å². The first-order valence-corrected chi connectivity index (χ1v) is 4.97. The lowest BCUT2D eigenvalue weighted by Gasteiger charge is -2.12. The van der Waals surface area contributed by atoms with Gasteiger partial charge in [0.25, 0.3) is 5.91 Å². The molecule has 0 spiro atoms. The van der Waals surface area contributed by atoms with Crippen LogP contribution in [-0.2, 0) is 4.79 Å². The number of hydrogen-bond acceptors (Lipinski definition) is 3. The second-order valence-corrected chi connectivity index (χ2v) is 3.52. The lowest BCUT2D eigenvalue weighted by Crippen LogP contribution is -2.30. The minimum atomic E-state index is -0.647. The number of hydrogen-bond donors (Lipinski definition) is 1. The van der Waals surface area contributed by atoms with Gasteiger partial charge in [-0.1, -0.05) is 12.1 Å². The molecule has 0 bridgehead atoms. The number of fused-ring (bicyclic) bond motifs is 1. The van der Waals surface area contributed by atoms with E-state index in [4.69, 9.17) is 10.5 Å². The molecule has 2 N–H and O–H groups in total. The summed E-state index contributed by atoms with van der Waals surface area (Å²) in [5.41, 5.74) is 5.15. The number of carbonyl (C=O) groups excluding carboxylic acids is 1. The Labute approximate surface area is 93.0 Å². The van der Waals surface area contributed by atoms with Crippen LogP contribution in [0.2, 0.25) is 0 Å². The number of nitrogens with two attached hydrogens (primary N) is 1. The van der Waals surface area contributed by atoms with Gasteiger partial charge in [-0.3, -0.25) is 9.78 Å². The maximum Gasteiger partial charge on any atom is 0.258 e. The van der Waals surface area contributed by atoms with Crippen molar-refractivity contribution in [2.45, 2.75) is 13.0 Å². The van der Waals surface area contributed by atoms with Gasteiger partial charge in [0, 0.05) is 17.8 Å². The fourth-order valence-corrected chi connectivity index (χ4v) is 1.44. The molecule has 1 aromatic carbocycles. The molecule has 0 fully saturated rings. The number of nitrogens with zero attached hydrogens (tertiary/aromatic N) is 1. The van der Waals surface area contributed by atoms with Crippen LogP contribution in [0, 0.1) is 0 Å². The molecule has 1 unspecified atom stereocenters. The molecule has 82 valence electrons. The summed E-state index contributed by atoms with van der Waals surface area (Å²) in [4.78, 5) is 15.0. The fraction of sp³-hybridized carbons (Fsp3) is 0.167. The first-order chi connectivity index (χ1) is 7.68. The SMILES string of the molecule is CC(Oc1cccc2ccncc12)C(N)=O. The summed E-state index contributed by atoms with van der Waals surface area (Å²) in [5.74, 6) is 0.137. The summed E-state index contributed by atoms with van der Waals surface area (Å²) in [7, 11) is 0. The zero-order valence-electron chi connectivity index (χ0n) is 8.88. The van der Waals surface area contributed by atoms with E-state index in [1.165, 1.54) is 0 Å². The minimum absolute atomic E-state index is 0.485. The van der Waals surface area contributed by atoms with Crippen molar-refractivity contribution in [2.24, 2.45) is 5.73 Å². The summed E-state index contributed by atoms with van der Waals surface area (Å²) in [6, 6.07) is 7.50. The van der Waals surface area contributed by atoms with Crippen molar-refractivity contribution in [1.82, 2.24) is 4.98 Å². The van der Waals surface area contributed by atoms with Crippen molar-refractivity contribution in [2.75, 3.05) is 0 Å². The van der Waals surface area contributed by atoms with E-state index in [1.54, 1.807) is 25.4 Å². The molecule has 1 aromatic heterocycles. The van der Waals surface area contributed by atoms with Gasteiger partial charge in [-0.25, -0.2) is 0 Å². The van der Waals surface area contributed by atoms with Crippen molar-refractivity contribution < 1.29 is 9.53 Å². The van der Waals surface area contributed by atoms with Crippen LogP contribution in [0.25, 0.3) is 10.8 Å². The van der Waals surface area contributed by atoms with E-state index in [9.17, 15) is 4.79 Å². The fourth-order valence-electron chi connectivity index (χ4n) is 1.44. The lowest BCUT2D eigenvalue weighted by molar-refractivity contribution is -0.123. The molecule has 4 heteroatoms. The van der Waals surface area contributed by atoms with Gasteiger partial charge in [-0.15, -0.1) is 0 Å². The zero-order chi connectivity index (χ0) is 11.5. The van der Waals surface area contributed by atoms with Gasteiger partial charge in [0.15, 0.2) is 6.10 Å². The molecule has 16 heavy (non-hydrogen) atoms. The molecule has 0 aliphatic rings. The van der Waals surface area contributed by atoms with E-state index in [0.717, 1.165) is 10.8 Å². The van der Waals surface area contributed by atoms with Crippen LogP contribution in [0.4, 0.5) is 0 Å². The molecule has 0 radical (unpaired) electrons. The van der Waals surface area contributed by atoms with E-state index in [0.29, 0.717) is 5.75 Å². The summed E-state index contributed by atoms with van der Waals surface area (Å²) < 4.78 is 5.47. The predicted octanol–water partition coefficient (Wildman–Crippen LogP) is 1.49. The van der Waals surface area contributed by atoms with Gasteiger partial charge >= 0.3 is 0 Å². The third kappa shape index (κ3) is 1.95. The molecule has 2 rings (SSSR count). The van der Waals surface area contributed by atoms with Crippen molar-refractivity contribution in [3.63, 3.8) is 0 Å². The van der Waals surface area contributed by atoms with Crippen LogP contribution in [0.5, 0.6) is 5.75 Å². The van der Waals surface area contributed by atoms with E-state index in [1.807, 2.05) is 18.2 Å². The summed E-state index contributed by atoms with van der Waals surface area (Å²) in [5, 5.41) is 1.89. The molecular formula is C12H12N2O2. The topological polar surface area (TPSA) is 65.2 Å². The van der Waals surface area contributed by atoms with E-state index in [2.05, 4.69) is 4.98 Å². The van der Waals surface area contributed by atoms with Gasteiger partial charge in [-0.2, -0.15) is 0 Å². The maximum atomic E-state index is 10.9. The van der Waals surface area contributed by atoms with Crippen LogP contribution in [0.15, 0.2) is 36.7 Å². The molecule has 4 nitrogen and oxygen atoms in total. The second kappa shape index (κ2) is 4.18. The Morgan fingerprint density at radius 2 is 2.25 bits per heavy atom. The van der Waals surface area contributed by atoms with Gasteiger partial charge in [0.05, 0.1) is 0 Å². The van der Waals surface area contributed by atoms with Crippen molar-refractivity contribution in [3.05, 3.63) is 36.7 Å². The summed E-state index contributed by atoms with van der Waals surface area (Å²) in [6.45, 7) is 1.62. The number of amides is 1. The molecule has 0 saturated carbocycles. The number of ether oxygens (including phenoxy) is 1. The standard InChI is InChI=1S/C12H12N2O2/c1-8(12(13)15)16-11-4-2-3-9-5-6-14-7-10(9)11/h2-8H,1H3,(H2,13,15). The quantitative estimate of drug-likeness (QED) is 0.845. The number of benzene rings is 1. The van der Waals surface area contributed by atoms with Crippen LogP contribution >= 0.6 is 0 Å². The average molecular weight is 216 g/mol. The van der Waals surface area contributed by atoms with E-state index < -0.39 is 12.0 Å². The maximum absolute atomic E-state index is 10.9. The molecule has 1 heterocycles. The highest BCUT2D eigenvalue weighted by Crippen LogP contribution is 2.25. The molecule has 1 atom stereocenters. The Bertz CT molecular complexity index is 520. The van der Waals surface area contributed by atoms with Crippen LogP contribution in [0.1, 0.15) is 6.92 Å². The van der Waals surface area contributed by atoms with Gasteiger partial charge < -0.3 is 10.5 Å². The smallest absolute Gasteiger partial charge is 0.258 e. The lowest BCUT2D eigenvalue weighted by atomic mass is 10.1. The normalized spacial score (nSPS) is 12.3. The molecule has 2 aromatic rings. The Morgan fingerprint density at radius 1 is 1.44 bits per heavy atom. The monoisotopic (exact) mass is 216 g/mol. The van der Waals surface area contributed by atoms with E-state index in [-0.39, 0.29) is 0 Å². The number of primary amides is 1. The van der Waals surface area contributed by atoms with Crippen LogP contribution < -0.4 is 10.5 Å². The highest BCUT2D eigenvalue weighted by molar-refractivity contribution is 5.88. The van der Waals surface area contributed by atoms with Gasteiger partial charge in [-0.05, 0) is 24.4 Å². The third-order valence-corrected chi connectivity index (χ3v) is 2.35. The van der Waals surface area contributed by atoms with Crippen LogP contribution in [-0.4, -0.2) is 17.0 Å². The average Bonchev–Trinajstić information content (AvgIpc) is 2.29. The molecule has 1 amide bonds. The number of aromatic nitrogens is 1. The Kier molecular flexibility index (Phi) is 2.72. The second-order valence-electron chi connectivity index (χ2n) is 3.52. The predicted molar refractivity (Wildman–Crippen MR) is 61.0 cm³/mol. The molecule has 0 aliphatic heterocycles. The highest BCUT2D eigenvalue weighted by atomic mass is 16.5. The molecular weight excluding hydrogens is 204 g/mol. The first-order valence-electron chi connectivity index (χ1n) is 4.97. The number of rotatable bonds is 3. The Balaban J connectivity index is 2.41. The zero-order valence-corrected chi connectivity index (χ0v) is 8.88. The molecule has 0 saturated heterocycles. The van der Waals surface area contributed by atoms with Crippen LogP contribution in [0.3, 0.4) is 0 Å². The first kappa shape index (κ1) is 10.4. The van der Waals surface area contributed by atoms with Crippen molar-refractivity contribution in [3.8, 4) is 5.75 Å². The van der Waals surface area contributed by atoms with Gasteiger partial charge in [0.2, 0.25) is 0 Å². The Morgan fingerprint density at radius 3 is 3.00 bits per heavy atom. The largest absolute Gasteiger partial charge is 0.480 e. The summed E-state index contributed by atoms with van der Waals surface area (Å²) in [6.07, 6.45) is 2.77. The van der Waals surface area contributed by atoms with Crippen molar-refractivity contribution >= 4 is 16.7 Å². The Hall–Kier alpha value is -2.10.